The highest BCUT2D eigenvalue weighted by Crippen LogP contribution is 2.33. The van der Waals surface area contributed by atoms with Gasteiger partial charge in [-0.3, -0.25) is 0 Å². The van der Waals surface area contributed by atoms with E-state index in [0.29, 0.717) is 0 Å². The van der Waals surface area contributed by atoms with Gasteiger partial charge < -0.3 is 10.1 Å². The van der Waals surface area contributed by atoms with Crippen LogP contribution in [-0.2, 0) is 5.75 Å². The van der Waals surface area contributed by atoms with Crippen LogP contribution in [-0.4, -0.2) is 13.2 Å². The van der Waals surface area contributed by atoms with Gasteiger partial charge in [-0.1, -0.05) is 30.3 Å². The van der Waals surface area contributed by atoms with Gasteiger partial charge >= 0.3 is 0 Å². The highest BCUT2D eigenvalue weighted by atomic mass is 32.2. The van der Waals surface area contributed by atoms with Crippen LogP contribution in [0.2, 0.25) is 0 Å². The molecule has 92 valence electrons. The highest BCUT2D eigenvalue weighted by molar-refractivity contribution is 7.98. The SMILES string of the molecule is c1ccc(CSc2ccc3c(c2)OCCN3)cc1. The monoisotopic (exact) mass is 257 g/mol. The van der Waals surface area contributed by atoms with Gasteiger partial charge in [0.05, 0.1) is 5.69 Å². The van der Waals surface area contributed by atoms with Crippen molar-refractivity contribution in [1.82, 2.24) is 0 Å². The molecule has 0 unspecified atom stereocenters. The van der Waals surface area contributed by atoms with E-state index in [1.165, 1.54) is 10.5 Å². The van der Waals surface area contributed by atoms with E-state index < -0.39 is 0 Å². The molecule has 0 fully saturated rings. The Labute approximate surface area is 111 Å². The Morgan fingerprint density at radius 2 is 2.00 bits per heavy atom. The number of anilines is 1. The van der Waals surface area contributed by atoms with Crippen molar-refractivity contribution in [3.05, 3.63) is 54.1 Å². The van der Waals surface area contributed by atoms with Crippen LogP contribution in [0.3, 0.4) is 0 Å². The molecule has 0 bridgehead atoms. The van der Waals surface area contributed by atoms with Gasteiger partial charge in [0.2, 0.25) is 0 Å². The van der Waals surface area contributed by atoms with Crippen LogP contribution >= 0.6 is 11.8 Å². The van der Waals surface area contributed by atoms with E-state index in [-0.39, 0.29) is 0 Å². The number of fused-ring (bicyclic) bond motifs is 1. The second-order valence-electron chi connectivity index (χ2n) is 4.21. The van der Waals surface area contributed by atoms with Crippen molar-refractivity contribution in [2.45, 2.75) is 10.6 Å². The normalized spacial score (nSPS) is 13.3. The summed E-state index contributed by atoms with van der Waals surface area (Å²) in [6.07, 6.45) is 0. The fourth-order valence-electron chi connectivity index (χ4n) is 1.95. The average Bonchev–Trinajstić information content (AvgIpc) is 2.46. The summed E-state index contributed by atoms with van der Waals surface area (Å²) in [7, 11) is 0. The summed E-state index contributed by atoms with van der Waals surface area (Å²) in [5.41, 5.74) is 2.45. The molecule has 0 spiro atoms. The molecule has 1 heterocycles. The largest absolute Gasteiger partial charge is 0.490 e. The Balaban J connectivity index is 1.70. The fourth-order valence-corrected chi connectivity index (χ4v) is 2.83. The molecule has 2 nitrogen and oxygen atoms in total. The molecule has 3 rings (SSSR count). The second kappa shape index (κ2) is 5.36. The first-order chi connectivity index (χ1) is 8.92. The van der Waals surface area contributed by atoms with Crippen LogP contribution < -0.4 is 10.1 Å². The minimum atomic E-state index is 0.750. The third-order valence-electron chi connectivity index (χ3n) is 2.88. The minimum Gasteiger partial charge on any atom is -0.490 e. The molecule has 2 aromatic carbocycles. The smallest absolute Gasteiger partial charge is 0.143 e. The summed E-state index contributed by atoms with van der Waals surface area (Å²) >= 11 is 1.84. The number of hydrogen-bond acceptors (Lipinski definition) is 3. The average molecular weight is 257 g/mol. The van der Waals surface area contributed by atoms with E-state index in [4.69, 9.17) is 4.74 Å². The van der Waals surface area contributed by atoms with Crippen LogP contribution in [0.15, 0.2) is 53.4 Å². The zero-order valence-electron chi connectivity index (χ0n) is 10.1. The number of ether oxygens (including phenoxy) is 1. The molecule has 0 saturated heterocycles. The van der Waals surface area contributed by atoms with E-state index in [0.717, 1.165) is 30.3 Å². The molecule has 3 heteroatoms. The molecule has 0 atom stereocenters. The van der Waals surface area contributed by atoms with Crippen molar-refractivity contribution in [1.29, 1.82) is 0 Å². The van der Waals surface area contributed by atoms with Gasteiger partial charge in [0.1, 0.15) is 12.4 Å². The summed E-state index contributed by atoms with van der Waals surface area (Å²) in [4.78, 5) is 1.25. The number of benzene rings is 2. The zero-order chi connectivity index (χ0) is 12.2. The topological polar surface area (TPSA) is 21.3 Å². The van der Waals surface area contributed by atoms with E-state index in [1.807, 2.05) is 17.8 Å². The standard InChI is InChI=1S/C15H15NOS/c1-2-4-12(5-3-1)11-18-13-6-7-14-15(10-13)17-9-8-16-14/h1-7,10,16H,8-9,11H2. The Hall–Kier alpha value is -1.61. The molecule has 0 amide bonds. The molecule has 0 aromatic heterocycles. The number of rotatable bonds is 3. The van der Waals surface area contributed by atoms with Crippen molar-refractivity contribution in [2.75, 3.05) is 18.5 Å². The third-order valence-corrected chi connectivity index (χ3v) is 3.94. The van der Waals surface area contributed by atoms with Crippen LogP contribution in [0.5, 0.6) is 5.75 Å². The summed E-state index contributed by atoms with van der Waals surface area (Å²) in [6, 6.07) is 16.9. The van der Waals surface area contributed by atoms with Crippen molar-refractivity contribution in [2.24, 2.45) is 0 Å². The maximum atomic E-state index is 5.64. The molecule has 18 heavy (non-hydrogen) atoms. The molecular weight excluding hydrogens is 242 g/mol. The van der Waals surface area contributed by atoms with Crippen molar-refractivity contribution in [3.63, 3.8) is 0 Å². The zero-order valence-corrected chi connectivity index (χ0v) is 10.9. The minimum absolute atomic E-state index is 0.750. The quantitative estimate of drug-likeness (QED) is 0.845. The lowest BCUT2D eigenvalue weighted by Gasteiger charge is -2.19. The molecule has 0 saturated carbocycles. The lowest BCUT2D eigenvalue weighted by molar-refractivity contribution is 0.322. The first-order valence-corrected chi connectivity index (χ1v) is 7.08. The van der Waals surface area contributed by atoms with Gasteiger partial charge in [0.25, 0.3) is 0 Å². The Morgan fingerprint density at radius 1 is 1.11 bits per heavy atom. The molecule has 1 aliphatic heterocycles. The first kappa shape index (κ1) is 11.5. The van der Waals surface area contributed by atoms with E-state index in [9.17, 15) is 0 Å². The first-order valence-electron chi connectivity index (χ1n) is 6.09. The third kappa shape index (κ3) is 2.62. The lowest BCUT2D eigenvalue weighted by atomic mass is 10.2. The van der Waals surface area contributed by atoms with E-state index in [2.05, 4.69) is 47.8 Å². The summed E-state index contributed by atoms with van der Waals surface area (Å²) in [5, 5.41) is 3.33. The van der Waals surface area contributed by atoms with Gasteiger partial charge in [0.15, 0.2) is 0 Å². The van der Waals surface area contributed by atoms with Gasteiger partial charge in [-0.05, 0) is 23.8 Å². The number of nitrogens with one attached hydrogen (secondary N) is 1. The van der Waals surface area contributed by atoms with Crippen LogP contribution in [0.1, 0.15) is 5.56 Å². The molecular formula is C15H15NOS. The molecule has 0 radical (unpaired) electrons. The fraction of sp³-hybridized carbons (Fsp3) is 0.200. The van der Waals surface area contributed by atoms with Gasteiger partial charge in [0, 0.05) is 17.2 Å². The van der Waals surface area contributed by atoms with Gasteiger partial charge in [-0.25, -0.2) is 0 Å². The maximum Gasteiger partial charge on any atom is 0.143 e. The van der Waals surface area contributed by atoms with E-state index >= 15 is 0 Å². The van der Waals surface area contributed by atoms with Crippen molar-refractivity contribution in [3.8, 4) is 5.75 Å². The van der Waals surface area contributed by atoms with Crippen molar-refractivity contribution >= 4 is 17.4 Å². The van der Waals surface area contributed by atoms with E-state index in [1.54, 1.807) is 0 Å². The molecule has 1 aliphatic rings. The van der Waals surface area contributed by atoms with Crippen molar-refractivity contribution < 1.29 is 4.74 Å². The highest BCUT2D eigenvalue weighted by Gasteiger charge is 2.09. The molecule has 0 aliphatic carbocycles. The Kier molecular flexibility index (Phi) is 3.42. The number of thioether (sulfide) groups is 1. The lowest BCUT2D eigenvalue weighted by Crippen LogP contribution is -2.17. The van der Waals surface area contributed by atoms with Crippen LogP contribution in [0, 0.1) is 0 Å². The number of hydrogen-bond donors (Lipinski definition) is 1. The predicted octanol–water partition coefficient (Wildman–Crippen LogP) is 3.78. The van der Waals surface area contributed by atoms with Crippen LogP contribution in [0.25, 0.3) is 0 Å². The van der Waals surface area contributed by atoms with Crippen LogP contribution in [0.4, 0.5) is 5.69 Å². The Morgan fingerprint density at radius 3 is 2.89 bits per heavy atom. The molecule has 1 N–H and O–H groups in total. The predicted molar refractivity (Wildman–Crippen MR) is 76.4 cm³/mol. The van der Waals surface area contributed by atoms with Gasteiger partial charge in [-0.15, -0.1) is 11.8 Å². The maximum absolute atomic E-state index is 5.64. The summed E-state index contributed by atoms with van der Waals surface area (Å²) in [6.45, 7) is 1.64. The Bertz CT molecular complexity index is 527. The second-order valence-corrected chi connectivity index (χ2v) is 5.26. The van der Waals surface area contributed by atoms with Gasteiger partial charge in [-0.2, -0.15) is 0 Å². The summed E-state index contributed by atoms with van der Waals surface area (Å²) < 4.78 is 5.64. The summed E-state index contributed by atoms with van der Waals surface area (Å²) in [5.74, 6) is 1.96. The molecule has 2 aromatic rings.